The summed E-state index contributed by atoms with van der Waals surface area (Å²) in [6.07, 6.45) is 0.892. The standard InChI is InChI=1S/C14H11F2N/c15-10-6-9(7-11(16)8-10)12-2-1-3-14-13(12)4-5-17-14/h1-3,6-8,17H,4-5H2. The molecule has 1 nitrogen and oxygen atoms in total. The zero-order chi connectivity index (χ0) is 11.8. The molecule has 3 heteroatoms. The average Bonchev–Trinajstić information content (AvgIpc) is 2.75. The lowest BCUT2D eigenvalue weighted by Crippen LogP contribution is -1.90. The van der Waals surface area contributed by atoms with Crippen molar-refractivity contribution >= 4 is 5.69 Å². The van der Waals surface area contributed by atoms with Gasteiger partial charge in [0.2, 0.25) is 0 Å². The Morgan fingerprint density at radius 1 is 1.00 bits per heavy atom. The summed E-state index contributed by atoms with van der Waals surface area (Å²) in [5, 5.41) is 3.25. The van der Waals surface area contributed by atoms with Crippen LogP contribution >= 0.6 is 0 Å². The van der Waals surface area contributed by atoms with Crippen molar-refractivity contribution in [2.24, 2.45) is 0 Å². The van der Waals surface area contributed by atoms with Gasteiger partial charge in [-0.25, -0.2) is 8.78 Å². The largest absolute Gasteiger partial charge is 0.384 e. The number of nitrogens with one attached hydrogen (secondary N) is 1. The summed E-state index contributed by atoms with van der Waals surface area (Å²) in [6.45, 7) is 0.879. The maximum Gasteiger partial charge on any atom is 0.126 e. The monoisotopic (exact) mass is 231 g/mol. The molecular weight excluding hydrogens is 220 g/mol. The predicted molar refractivity (Wildman–Crippen MR) is 64.0 cm³/mol. The minimum Gasteiger partial charge on any atom is -0.384 e. The van der Waals surface area contributed by atoms with E-state index in [0.29, 0.717) is 5.56 Å². The van der Waals surface area contributed by atoms with Crippen molar-refractivity contribution in [3.05, 3.63) is 53.6 Å². The summed E-state index contributed by atoms with van der Waals surface area (Å²) in [6, 6.07) is 9.43. The fourth-order valence-electron chi connectivity index (χ4n) is 2.32. The average molecular weight is 231 g/mol. The first kappa shape index (κ1) is 10.3. The Labute approximate surface area is 98.1 Å². The fraction of sp³-hybridized carbons (Fsp3) is 0.143. The zero-order valence-corrected chi connectivity index (χ0v) is 9.13. The highest BCUT2D eigenvalue weighted by atomic mass is 19.1. The molecule has 0 unspecified atom stereocenters. The van der Waals surface area contributed by atoms with E-state index in [-0.39, 0.29) is 0 Å². The smallest absolute Gasteiger partial charge is 0.126 e. The molecule has 0 saturated carbocycles. The van der Waals surface area contributed by atoms with Gasteiger partial charge in [-0.05, 0) is 41.3 Å². The van der Waals surface area contributed by atoms with E-state index in [1.165, 1.54) is 12.1 Å². The molecule has 0 spiro atoms. The zero-order valence-electron chi connectivity index (χ0n) is 9.13. The van der Waals surface area contributed by atoms with Gasteiger partial charge in [0.25, 0.3) is 0 Å². The van der Waals surface area contributed by atoms with Crippen molar-refractivity contribution < 1.29 is 8.78 Å². The molecule has 3 rings (SSSR count). The SMILES string of the molecule is Fc1cc(F)cc(-c2cccc3c2CCN3)c1. The Kier molecular flexibility index (Phi) is 2.32. The molecule has 0 atom stereocenters. The molecule has 0 aliphatic carbocycles. The second-order valence-corrected chi connectivity index (χ2v) is 4.17. The first-order chi connectivity index (χ1) is 8.24. The van der Waals surface area contributed by atoms with Gasteiger partial charge in [-0.2, -0.15) is 0 Å². The highest BCUT2D eigenvalue weighted by molar-refractivity contribution is 5.75. The van der Waals surface area contributed by atoms with E-state index in [2.05, 4.69) is 5.32 Å². The number of halogens is 2. The van der Waals surface area contributed by atoms with Gasteiger partial charge in [0.05, 0.1) is 0 Å². The van der Waals surface area contributed by atoms with Gasteiger partial charge < -0.3 is 5.32 Å². The van der Waals surface area contributed by atoms with Gasteiger partial charge in [-0.15, -0.1) is 0 Å². The molecule has 0 saturated heterocycles. The van der Waals surface area contributed by atoms with Crippen molar-refractivity contribution in [3.8, 4) is 11.1 Å². The van der Waals surface area contributed by atoms with Crippen LogP contribution in [0.1, 0.15) is 5.56 Å². The summed E-state index contributed by atoms with van der Waals surface area (Å²) in [5.41, 5.74) is 3.71. The van der Waals surface area contributed by atoms with Crippen LogP contribution in [0, 0.1) is 11.6 Å². The second-order valence-electron chi connectivity index (χ2n) is 4.17. The molecule has 1 aliphatic rings. The summed E-state index contributed by atoms with van der Waals surface area (Å²) in [4.78, 5) is 0. The second kappa shape index (κ2) is 3.84. The lowest BCUT2D eigenvalue weighted by molar-refractivity contribution is 0.584. The van der Waals surface area contributed by atoms with Crippen molar-refractivity contribution in [1.29, 1.82) is 0 Å². The Morgan fingerprint density at radius 3 is 2.53 bits per heavy atom. The number of rotatable bonds is 1. The summed E-state index contributed by atoms with van der Waals surface area (Å²) >= 11 is 0. The molecule has 0 amide bonds. The van der Waals surface area contributed by atoms with Gasteiger partial charge in [0.1, 0.15) is 11.6 Å². The molecule has 1 aliphatic heterocycles. The topological polar surface area (TPSA) is 12.0 Å². The Bertz CT molecular complexity index is 558. The van der Waals surface area contributed by atoms with Crippen LogP contribution in [0.25, 0.3) is 11.1 Å². The van der Waals surface area contributed by atoms with E-state index < -0.39 is 11.6 Å². The highest BCUT2D eigenvalue weighted by Crippen LogP contribution is 2.33. The quantitative estimate of drug-likeness (QED) is 0.790. The van der Waals surface area contributed by atoms with E-state index in [4.69, 9.17) is 0 Å². The van der Waals surface area contributed by atoms with Crippen LogP contribution in [0.2, 0.25) is 0 Å². The molecular formula is C14H11F2N. The van der Waals surface area contributed by atoms with E-state index >= 15 is 0 Å². The van der Waals surface area contributed by atoms with Crippen LogP contribution in [0.3, 0.4) is 0 Å². The van der Waals surface area contributed by atoms with Crippen molar-refractivity contribution in [1.82, 2.24) is 0 Å². The van der Waals surface area contributed by atoms with Crippen molar-refractivity contribution in [2.45, 2.75) is 6.42 Å². The maximum atomic E-state index is 13.2. The minimum absolute atomic E-state index is 0.538. The third kappa shape index (κ3) is 1.78. The lowest BCUT2D eigenvalue weighted by Gasteiger charge is -2.08. The van der Waals surface area contributed by atoms with Crippen molar-refractivity contribution in [3.63, 3.8) is 0 Å². The minimum atomic E-state index is -0.538. The molecule has 0 bridgehead atoms. The molecule has 1 heterocycles. The van der Waals surface area contributed by atoms with E-state index in [0.717, 1.165) is 35.8 Å². The maximum absolute atomic E-state index is 13.2. The third-order valence-corrected chi connectivity index (χ3v) is 3.04. The highest BCUT2D eigenvalue weighted by Gasteiger charge is 2.15. The van der Waals surface area contributed by atoms with Crippen LogP contribution in [-0.2, 0) is 6.42 Å². The summed E-state index contributed by atoms with van der Waals surface area (Å²) in [7, 11) is 0. The third-order valence-electron chi connectivity index (χ3n) is 3.04. The van der Waals surface area contributed by atoms with Crippen LogP contribution in [0.4, 0.5) is 14.5 Å². The molecule has 17 heavy (non-hydrogen) atoms. The first-order valence-electron chi connectivity index (χ1n) is 5.56. The molecule has 86 valence electrons. The molecule has 0 aromatic heterocycles. The van der Waals surface area contributed by atoms with E-state index in [1.807, 2.05) is 18.2 Å². The molecule has 2 aromatic rings. The van der Waals surface area contributed by atoms with Crippen LogP contribution in [0.15, 0.2) is 36.4 Å². The lowest BCUT2D eigenvalue weighted by atomic mass is 9.98. The summed E-state index contributed by atoms with van der Waals surface area (Å²) < 4.78 is 26.4. The molecule has 0 fully saturated rings. The predicted octanol–water partition coefficient (Wildman–Crippen LogP) is 3.60. The normalized spacial score (nSPS) is 13.3. The number of hydrogen-bond acceptors (Lipinski definition) is 1. The van der Waals surface area contributed by atoms with Gasteiger partial charge in [-0.1, -0.05) is 12.1 Å². The first-order valence-corrected chi connectivity index (χ1v) is 5.56. The van der Waals surface area contributed by atoms with Gasteiger partial charge >= 0.3 is 0 Å². The molecule has 1 N–H and O–H groups in total. The van der Waals surface area contributed by atoms with E-state index in [1.54, 1.807) is 0 Å². The van der Waals surface area contributed by atoms with Crippen LogP contribution in [0.5, 0.6) is 0 Å². The Balaban J connectivity index is 2.19. The van der Waals surface area contributed by atoms with Crippen molar-refractivity contribution in [2.75, 3.05) is 11.9 Å². The van der Waals surface area contributed by atoms with Crippen LogP contribution in [-0.4, -0.2) is 6.54 Å². The van der Waals surface area contributed by atoms with Crippen LogP contribution < -0.4 is 5.32 Å². The van der Waals surface area contributed by atoms with Gasteiger partial charge in [-0.3, -0.25) is 0 Å². The fourth-order valence-corrected chi connectivity index (χ4v) is 2.32. The number of hydrogen-bond donors (Lipinski definition) is 1. The molecule has 0 radical (unpaired) electrons. The van der Waals surface area contributed by atoms with E-state index in [9.17, 15) is 8.78 Å². The number of benzene rings is 2. The van der Waals surface area contributed by atoms with Gasteiger partial charge in [0.15, 0.2) is 0 Å². The Morgan fingerprint density at radius 2 is 1.76 bits per heavy atom. The van der Waals surface area contributed by atoms with Gasteiger partial charge in [0, 0.05) is 18.3 Å². The molecule has 2 aromatic carbocycles. The Hall–Kier alpha value is -1.90. The summed E-state index contributed by atoms with van der Waals surface area (Å²) in [5.74, 6) is -1.08. The number of fused-ring (bicyclic) bond motifs is 1. The number of anilines is 1.